The van der Waals surface area contributed by atoms with Gasteiger partial charge in [0.1, 0.15) is 5.82 Å². The molecule has 1 aromatic carbocycles. The van der Waals surface area contributed by atoms with Crippen LogP contribution in [0.3, 0.4) is 0 Å². The zero-order chi connectivity index (χ0) is 17.6. The first-order valence-electron chi connectivity index (χ1n) is 8.27. The highest BCUT2D eigenvalue weighted by molar-refractivity contribution is 5.98. The highest BCUT2D eigenvalue weighted by Crippen LogP contribution is 2.35. The van der Waals surface area contributed by atoms with Gasteiger partial charge >= 0.3 is 0 Å². The normalized spacial score (nSPS) is 25.8. The molecule has 8 heteroatoms. The summed E-state index contributed by atoms with van der Waals surface area (Å²) in [5, 5.41) is 3.01. The molecule has 2 aliphatic heterocycles. The minimum absolute atomic E-state index is 0.00265. The van der Waals surface area contributed by atoms with Gasteiger partial charge in [0.2, 0.25) is 5.91 Å². The maximum atomic E-state index is 14.4. The number of H-pyrrole nitrogens is 1. The summed E-state index contributed by atoms with van der Waals surface area (Å²) in [7, 11) is 0. The van der Waals surface area contributed by atoms with Gasteiger partial charge < -0.3 is 19.9 Å². The number of nitrogens with zero attached hydrogens (tertiary/aromatic N) is 2. The van der Waals surface area contributed by atoms with Crippen LogP contribution in [0, 0.1) is 11.7 Å². The summed E-state index contributed by atoms with van der Waals surface area (Å²) < 4.78 is 19.9. The van der Waals surface area contributed by atoms with E-state index in [9.17, 15) is 14.0 Å². The number of aromatic nitrogens is 2. The smallest absolute Gasteiger partial charge is 0.257 e. The molecular formula is C17H19FN4O3. The topological polar surface area (TPSA) is 87.3 Å². The molecule has 25 heavy (non-hydrogen) atoms. The van der Waals surface area contributed by atoms with Crippen LogP contribution in [0.5, 0.6) is 0 Å². The Morgan fingerprint density at radius 2 is 2.32 bits per heavy atom. The van der Waals surface area contributed by atoms with Gasteiger partial charge in [-0.1, -0.05) is 0 Å². The fourth-order valence-corrected chi connectivity index (χ4v) is 3.95. The number of likely N-dealkylation sites (tertiary alicyclic amines) is 1. The van der Waals surface area contributed by atoms with E-state index >= 15 is 0 Å². The number of benzene rings is 1. The number of fused-ring (bicyclic) bond motifs is 2. The average molecular weight is 346 g/mol. The van der Waals surface area contributed by atoms with Crippen LogP contribution in [-0.4, -0.2) is 58.5 Å². The number of nitrogens with one attached hydrogen (secondary N) is 2. The van der Waals surface area contributed by atoms with E-state index < -0.39 is 11.4 Å². The standard InChI is InChI=1S/C17H19FN4O3/c1-10(23)21-17-2-3-25-7-11(17)6-22(8-17)16(24)12-4-14-15(5-13(12)18)20-9-19-14/h4-5,9,11H,2-3,6-8H2,1H3,(H,19,20)(H,21,23). The van der Waals surface area contributed by atoms with Crippen LogP contribution in [0.4, 0.5) is 4.39 Å². The molecule has 0 spiro atoms. The first-order valence-corrected chi connectivity index (χ1v) is 8.27. The first kappa shape index (κ1) is 16.0. The highest BCUT2D eigenvalue weighted by atomic mass is 19.1. The maximum absolute atomic E-state index is 14.4. The molecule has 0 aliphatic carbocycles. The molecule has 2 N–H and O–H groups in total. The van der Waals surface area contributed by atoms with E-state index in [4.69, 9.17) is 4.74 Å². The fourth-order valence-electron chi connectivity index (χ4n) is 3.95. The molecule has 2 unspecified atom stereocenters. The molecule has 2 aromatic rings. The number of ether oxygens (including phenoxy) is 1. The lowest BCUT2D eigenvalue weighted by atomic mass is 9.83. The molecule has 2 fully saturated rings. The van der Waals surface area contributed by atoms with Gasteiger partial charge in [0.05, 0.1) is 35.1 Å². The molecule has 2 aliphatic rings. The monoisotopic (exact) mass is 346 g/mol. The summed E-state index contributed by atoms with van der Waals surface area (Å²) >= 11 is 0. The summed E-state index contributed by atoms with van der Waals surface area (Å²) in [4.78, 5) is 33.1. The van der Waals surface area contributed by atoms with Crippen molar-refractivity contribution < 1.29 is 18.7 Å². The van der Waals surface area contributed by atoms with Gasteiger partial charge in [0, 0.05) is 38.6 Å². The Bertz CT molecular complexity index is 852. The Morgan fingerprint density at radius 1 is 1.48 bits per heavy atom. The van der Waals surface area contributed by atoms with Crippen molar-refractivity contribution in [2.75, 3.05) is 26.3 Å². The van der Waals surface area contributed by atoms with Gasteiger partial charge in [-0.2, -0.15) is 0 Å². The third-order valence-corrected chi connectivity index (χ3v) is 5.16. The van der Waals surface area contributed by atoms with E-state index in [0.29, 0.717) is 43.8 Å². The summed E-state index contributed by atoms with van der Waals surface area (Å²) in [5.74, 6) is -1.10. The van der Waals surface area contributed by atoms with Crippen molar-refractivity contribution in [3.63, 3.8) is 0 Å². The Kier molecular flexibility index (Phi) is 3.72. The van der Waals surface area contributed by atoms with E-state index in [1.54, 1.807) is 4.90 Å². The van der Waals surface area contributed by atoms with E-state index in [0.717, 1.165) is 0 Å². The van der Waals surface area contributed by atoms with Crippen molar-refractivity contribution in [1.82, 2.24) is 20.2 Å². The fraction of sp³-hybridized carbons (Fsp3) is 0.471. The van der Waals surface area contributed by atoms with Gasteiger partial charge in [0.15, 0.2) is 0 Å². The van der Waals surface area contributed by atoms with Crippen LogP contribution in [0.2, 0.25) is 0 Å². The van der Waals surface area contributed by atoms with E-state index in [2.05, 4.69) is 15.3 Å². The summed E-state index contributed by atoms with van der Waals surface area (Å²) in [6.07, 6.45) is 2.10. The van der Waals surface area contributed by atoms with Crippen molar-refractivity contribution in [3.8, 4) is 0 Å². The Morgan fingerprint density at radius 3 is 3.12 bits per heavy atom. The number of carbonyl (C=O) groups is 2. The molecule has 2 amide bonds. The SMILES string of the molecule is CC(=O)NC12CCOCC1CN(C(=O)c1cc3nc[nH]c3cc1F)C2. The molecule has 3 heterocycles. The van der Waals surface area contributed by atoms with Crippen LogP contribution in [-0.2, 0) is 9.53 Å². The predicted octanol–water partition coefficient (Wildman–Crippen LogP) is 1.07. The van der Waals surface area contributed by atoms with Crippen LogP contribution in [0.1, 0.15) is 23.7 Å². The maximum Gasteiger partial charge on any atom is 0.257 e. The molecule has 0 saturated carbocycles. The zero-order valence-electron chi connectivity index (χ0n) is 13.8. The van der Waals surface area contributed by atoms with Gasteiger partial charge in [-0.25, -0.2) is 9.37 Å². The zero-order valence-corrected chi connectivity index (χ0v) is 13.8. The number of hydrogen-bond donors (Lipinski definition) is 2. The lowest BCUT2D eigenvalue weighted by Gasteiger charge is -2.38. The molecule has 0 radical (unpaired) electrons. The largest absolute Gasteiger partial charge is 0.381 e. The number of carbonyl (C=O) groups excluding carboxylic acids is 2. The predicted molar refractivity (Wildman–Crippen MR) is 87.4 cm³/mol. The quantitative estimate of drug-likeness (QED) is 0.851. The molecule has 2 saturated heterocycles. The van der Waals surface area contributed by atoms with Crippen molar-refractivity contribution >= 4 is 22.8 Å². The lowest BCUT2D eigenvalue weighted by Crippen LogP contribution is -2.57. The Balaban J connectivity index is 1.64. The van der Waals surface area contributed by atoms with Gasteiger partial charge in [0.25, 0.3) is 5.91 Å². The number of rotatable bonds is 2. The second kappa shape index (κ2) is 5.80. The molecular weight excluding hydrogens is 327 g/mol. The van der Waals surface area contributed by atoms with Gasteiger partial charge in [-0.05, 0) is 12.5 Å². The first-order chi connectivity index (χ1) is 12.0. The Hall–Kier alpha value is -2.48. The number of halogens is 1. The molecule has 2 atom stereocenters. The molecule has 0 bridgehead atoms. The molecule has 7 nitrogen and oxygen atoms in total. The second-order valence-corrected chi connectivity index (χ2v) is 6.80. The van der Waals surface area contributed by atoms with E-state index in [1.165, 1.54) is 25.4 Å². The minimum atomic E-state index is -0.582. The van der Waals surface area contributed by atoms with Crippen molar-refractivity contribution in [2.24, 2.45) is 5.92 Å². The van der Waals surface area contributed by atoms with Crippen LogP contribution in [0.25, 0.3) is 11.0 Å². The molecule has 132 valence electrons. The number of hydrogen-bond acceptors (Lipinski definition) is 4. The van der Waals surface area contributed by atoms with Crippen molar-refractivity contribution in [1.29, 1.82) is 0 Å². The van der Waals surface area contributed by atoms with Crippen LogP contribution >= 0.6 is 0 Å². The van der Waals surface area contributed by atoms with Crippen LogP contribution in [0.15, 0.2) is 18.5 Å². The molecule has 1 aromatic heterocycles. The van der Waals surface area contributed by atoms with E-state index in [1.807, 2.05) is 0 Å². The van der Waals surface area contributed by atoms with Crippen molar-refractivity contribution in [2.45, 2.75) is 18.9 Å². The highest BCUT2D eigenvalue weighted by Gasteiger charge is 2.50. The third-order valence-electron chi connectivity index (χ3n) is 5.16. The average Bonchev–Trinajstić information content (AvgIpc) is 3.16. The number of imidazole rings is 1. The lowest BCUT2D eigenvalue weighted by molar-refractivity contribution is -0.122. The Labute approximate surface area is 143 Å². The number of aromatic amines is 1. The second-order valence-electron chi connectivity index (χ2n) is 6.80. The third kappa shape index (κ3) is 2.66. The summed E-state index contributed by atoms with van der Waals surface area (Å²) in [6.45, 7) is 3.27. The summed E-state index contributed by atoms with van der Waals surface area (Å²) in [6, 6.07) is 2.75. The number of amides is 2. The summed E-state index contributed by atoms with van der Waals surface area (Å²) in [5.41, 5.74) is 0.595. The minimum Gasteiger partial charge on any atom is -0.381 e. The van der Waals surface area contributed by atoms with Crippen LogP contribution < -0.4 is 5.32 Å². The van der Waals surface area contributed by atoms with Gasteiger partial charge in [-0.15, -0.1) is 0 Å². The van der Waals surface area contributed by atoms with E-state index in [-0.39, 0.29) is 23.3 Å². The van der Waals surface area contributed by atoms with Gasteiger partial charge in [-0.3, -0.25) is 9.59 Å². The van der Waals surface area contributed by atoms with Crippen molar-refractivity contribution in [3.05, 3.63) is 29.8 Å². The molecule has 4 rings (SSSR count).